The van der Waals surface area contributed by atoms with E-state index in [1.807, 2.05) is 0 Å². The Morgan fingerprint density at radius 3 is 2.57 bits per heavy atom. The number of carbonyl (C=O) groups is 1. The molecule has 0 aliphatic carbocycles. The van der Waals surface area contributed by atoms with E-state index < -0.39 is 0 Å². The summed E-state index contributed by atoms with van der Waals surface area (Å²) in [5, 5.41) is 3.43. The van der Waals surface area contributed by atoms with Crippen LogP contribution in [0.15, 0.2) is 35.3 Å². The molecule has 0 saturated carbocycles. The van der Waals surface area contributed by atoms with Gasteiger partial charge in [0.25, 0.3) is 0 Å². The summed E-state index contributed by atoms with van der Waals surface area (Å²) in [7, 11) is 0. The molecule has 0 bridgehead atoms. The van der Waals surface area contributed by atoms with Crippen LogP contribution in [0.25, 0.3) is 0 Å². The molecule has 0 radical (unpaired) electrons. The van der Waals surface area contributed by atoms with Gasteiger partial charge in [0.1, 0.15) is 0 Å². The number of carbonyl (C=O) groups excluding carboxylic acids is 1. The maximum Gasteiger partial charge on any atom is 0.217 e. The second kappa shape index (κ2) is 11.9. The number of guanidine groups is 1. The summed E-state index contributed by atoms with van der Waals surface area (Å²) < 4.78 is 0. The Bertz CT molecular complexity index is 672. The average Bonchev–Trinajstić information content (AvgIpc) is 2.75. The van der Waals surface area contributed by atoms with Crippen LogP contribution in [0.1, 0.15) is 31.7 Å². The zero-order valence-corrected chi connectivity index (χ0v) is 18.4. The van der Waals surface area contributed by atoms with Gasteiger partial charge in [0, 0.05) is 65.3 Å². The molecule has 3 N–H and O–H groups in total. The molecule has 2 fully saturated rings. The third kappa shape index (κ3) is 7.29. The van der Waals surface area contributed by atoms with Crippen LogP contribution >= 0.6 is 0 Å². The maximum absolute atomic E-state index is 11.3. The molecule has 2 heterocycles. The standard InChI is InChI=1S/C23H38N6O/c1-2-25-23(29-11-6-9-21(19-29)17-22(24)30)26-10-12-27-13-15-28(16-14-27)18-20-7-4-3-5-8-20/h3-5,7-8,21H,2,6,9-19H2,1H3,(H2,24,30)(H,25,26). The normalized spacial score (nSPS) is 21.6. The Balaban J connectivity index is 1.43. The van der Waals surface area contributed by atoms with Crippen molar-refractivity contribution in [2.24, 2.45) is 16.6 Å². The predicted molar refractivity (Wildman–Crippen MR) is 122 cm³/mol. The minimum absolute atomic E-state index is 0.199. The Kier molecular flexibility index (Phi) is 8.96. The fraction of sp³-hybridized carbons (Fsp3) is 0.652. The molecule has 30 heavy (non-hydrogen) atoms. The van der Waals surface area contributed by atoms with Gasteiger partial charge in [-0.25, -0.2) is 0 Å². The van der Waals surface area contributed by atoms with Gasteiger partial charge in [-0.15, -0.1) is 0 Å². The predicted octanol–water partition coefficient (Wildman–Crippen LogP) is 1.36. The van der Waals surface area contributed by atoms with Crippen LogP contribution < -0.4 is 11.1 Å². The highest BCUT2D eigenvalue weighted by Crippen LogP contribution is 2.19. The molecule has 0 aromatic heterocycles. The number of piperazine rings is 1. The van der Waals surface area contributed by atoms with E-state index in [0.29, 0.717) is 12.3 Å². The lowest BCUT2D eigenvalue weighted by Gasteiger charge is -2.35. The van der Waals surface area contributed by atoms with Gasteiger partial charge in [-0.3, -0.25) is 19.6 Å². The second-order valence-corrected chi connectivity index (χ2v) is 8.46. The molecule has 2 saturated heterocycles. The van der Waals surface area contributed by atoms with Gasteiger partial charge in [0.15, 0.2) is 5.96 Å². The molecule has 166 valence electrons. The molecule has 1 atom stereocenters. The summed E-state index contributed by atoms with van der Waals surface area (Å²) in [6, 6.07) is 10.7. The number of likely N-dealkylation sites (tertiary alicyclic amines) is 1. The SMILES string of the molecule is CCNC(=NCCN1CCN(Cc2ccccc2)CC1)N1CCCC(CC(N)=O)C1. The number of primary amides is 1. The number of hydrogen-bond donors (Lipinski definition) is 2. The molecule has 1 amide bonds. The van der Waals surface area contributed by atoms with Crippen molar-refractivity contribution in [3.63, 3.8) is 0 Å². The van der Waals surface area contributed by atoms with E-state index >= 15 is 0 Å². The van der Waals surface area contributed by atoms with Crippen molar-refractivity contribution >= 4 is 11.9 Å². The van der Waals surface area contributed by atoms with E-state index in [1.165, 1.54) is 5.56 Å². The fourth-order valence-corrected chi connectivity index (χ4v) is 4.44. The van der Waals surface area contributed by atoms with Crippen LogP contribution in [0.3, 0.4) is 0 Å². The summed E-state index contributed by atoms with van der Waals surface area (Å²) in [5.41, 5.74) is 6.80. The van der Waals surface area contributed by atoms with Gasteiger partial charge in [-0.1, -0.05) is 30.3 Å². The number of nitrogens with one attached hydrogen (secondary N) is 1. The summed E-state index contributed by atoms with van der Waals surface area (Å²) in [6.07, 6.45) is 2.64. The lowest BCUT2D eigenvalue weighted by atomic mass is 9.95. The van der Waals surface area contributed by atoms with Crippen molar-refractivity contribution in [3.05, 3.63) is 35.9 Å². The molecule has 2 aliphatic heterocycles. The lowest BCUT2D eigenvalue weighted by molar-refractivity contribution is -0.119. The highest BCUT2D eigenvalue weighted by molar-refractivity contribution is 5.80. The lowest BCUT2D eigenvalue weighted by Crippen LogP contribution is -2.48. The number of nitrogens with zero attached hydrogens (tertiary/aromatic N) is 4. The van der Waals surface area contributed by atoms with E-state index in [-0.39, 0.29) is 5.91 Å². The van der Waals surface area contributed by atoms with Gasteiger partial charge >= 0.3 is 0 Å². The molecule has 1 aromatic carbocycles. The first kappa shape index (κ1) is 22.6. The number of aliphatic imine (C=N–C) groups is 1. The fourth-order valence-electron chi connectivity index (χ4n) is 4.44. The first-order valence-electron chi connectivity index (χ1n) is 11.4. The van der Waals surface area contributed by atoms with E-state index in [4.69, 9.17) is 10.7 Å². The van der Waals surface area contributed by atoms with Crippen LogP contribution in [0.5, 0.6) is 0 Å². The van der Waals surface area contributed by atoms with Gasteiger partial charge in [0.05, 0.1) is 6.54 Å². The van der Waals surface area contributed by atoms with Gasteiger partial charge in [0.2, 0.25) is 5.91 Å². The van der Waals surface area contributed by atoms with E-state index in [1.54, 1.807) is 0 Å². The molecule has 1 unspecified atom stereocenters. The van der Waals surface area contributed by atoms with Crippen molar-refractivity contribution in [2.45, 2.75) is 32.7 Å². The van der Waals surface area contributed by atoms with Crippen molar-refractivity contribution in [1.82, 2.24) is 20.0 Å². The average molecular weight is 415 g/mol. The summed E-state index contributed by atoms with van der Waals surface area (Å²) in [4.78, 5) is 23.5. The Morgan fingerprint density at radius 2 is 1.87 bits per heavy atom. The van der Waals surface area contributed by atoms with E-state index in [9.17, 15) is 4.79 Å². The van der Waals surface area contributed by atoms with Crippen LogP contribution in [0.2, 0.25) is 0 Å². The van der Waals surface area contributed by atoms with E-state index in [2.05, 4.69) is 57.3 Å². The number of piperidine rings is 1. The summed E-state index contributed by atoms with van der Waals surface area (Å²) >= 11 is 0. The summed E-state index contributed by atoms with van der Waals surface area (Å²) in [6.45, 7) is 12.1. The number of amides is 1. The molecule has 1 aromatic rings. The van der Waals surface area contributed by atoms with Crippen LogP contribution in [0.4, 0.5) is 0 Å². The topological polar surface area (TPSA) is 77.2 Å². The van der Waals surface area contributed by atoms with Crippen LogP contribution in [-0.2, 0) is 11.3 Å². The van der Waals surface area contributed by atoms with Gasteiger partial charge < -0.3 is 16.0 Å². The van der Waals surface area contributed by atoms with Crippen LogP contribution in [-0.4, -0.2) is 85.5 Å². The van der Waals surface area contributed by atoms with Crippen LogP contribution in [0, 0.1) is 5.92 Å². The molecular formula is C23H38N6O. The molecule has 2 aliphatic rings. The second-order valence-electron chi connectivity index (χ2n) is 8.46. The van der Waals surface area contributed by atoms with Gasteiger partial charge in [-0.2, -0.15) is 0 Å². The largest absolute Gasteiger partial charge is 0.370 e. The zero-order chi connectivity index (χ0) is 21.2. The number of hydrogen-bond acceptors (Lipinski definition) is 4. The number of nitrogens with two attached hydrogens (primary N) is 1. The maximum atomic E-state index is 11.3. The Labute approximate surface area is 181 Å². The minimum Gasteiger partial charge on any atom is -0.370 e. The minimum atomic E-state index is -0.199. The third-order valence-electron chi connectivity index (χ3n) is 6.03. The van der Waals surface area contributed by atoms with Gasteiger partial charge in [-0.05, 0) is 31.2 Å². The quantitative estimate of drug-likeness (QED) is 0.496. The van der Waals surface area contributed by atoms with Crippen molar-refractivity contribution in [3.8, 4) is 0 Å². The number of benzene rings is 1. The number of rotatable bonds is 8. The molecule has 7 heteroatoms. The molecule has 3 rings (SSSR count). The molecule has 0 spiro atoms. The van der Waals surface area contributed by atoms with E-state index in [0.717, 1.165) is 84.2 Å². The highest BCUT2D eigenvalue weighted by Gasteiger charge is 2.23. The van der Waals surface area contributed by atoms with Crippen molar-refractivity contribution in [2.75, 3.05) is 58.9 Å². The zero-order valence-electron chi connectivity index (χ0n) is 18.4. The Morgan fingerprint density at radius 1 is 1.13 bits per heavy atom. The molecule has 7 nitrogen and oxygen atoms in total. The van der Waals surface area contributed by atoms with Crippen molar-refractivity contribution < 1.29 is 4.79 Å². The van der Waals surface area contributed by atoms with Crippen molar-refractivity contribution in [1.29, 1.82) is 0 Å². The molecular weight excluding hydrogens is 376 g/mol. The monoisotopic (exact) mass is 414 g/mol. The summed E-state index contributed by atoms with van der Waals surface area (Å²) in [5.74, 6) is 1.13. The highest BCUT2D eigenvalue weighted by atomic mass is 16.1. The Hall–Kier alpha value is -2.12. The first-order valence-corrected chi connectivity index (χ1v) is 11.4. The third-order valence-corrected chi connectivity index (χ3v) is 6.03. The first-order chi connectivity index (χ1) is 14.6. The smallest absolute Gasteiger partial charge is 0.217 e.